The fourth-order valence-corrected chi connectivity index (χ4v) is 2.90. The molecule has 0 saturated carbocycles. The smallest absolute Gasteiger partial charge is 0.217 e. The number of benzene rings is 2. The monoisotopic (exact) mass is 405 g/mol. The van der Waals surface area contributed by atoms with Crippen molar-refractivity contribution in [3.05, 3.63) is 63.9 Å². The predicted molar refractivity (Wildman–Crippen MR) is 103 cm³/mol. The van der Waals surface area contributed by atoms with E-state index in [0.29, 0.717) is 12.3 Å². The second-order valence-electron chi connectivity index (χ2n) is 5.14. The van der Waals surface area contributed by atoms with E-state index in [-0.39, 0.29) is 11.6 Å². The van der Waals surface area contributed by atoms with Crippen LogP contribution in [0.2, 0.25) is 0 Å². The number of nitrogens with zero attached hydrogens (tertiary/aromatic N) is 1. The van der Waals surface area contributed by atoms with Gasteiger partial charge in [0.1, 0.15) is 0 Å². The van der Waals surface area contributed by atoms with Gasteiger partial charge in [-0.2, -0.15) is 0 Å². The molecule has 0 radical (unpaired) electrons. The van der Waals surface area contributed by atoms with Crippen molar-refractivity contribution in [2.75, 3.05) is 14.2 Å². The van der Waals surface area contributed by atoms with Crippen LogP contribution in [0.5, 0.6) is 11.6 Å². The van der Waals surface area contributed by atoms with Crippen LogP contribution in [0.15, 0.2) is 46.9 Å². The molecule has 0 N–H and O–H groups in total. The normalized spacial score (nSPS) is 10.2. The van der Waals surface area contributed by atoms with Gasteiger partial charge in [-0.1, -0.05) is 35.8 Å². The number of aromatic nitrogens is 1. The third-order valence-electron chi connectivity index (χ3n) is 3.62. The van der Waals surface area contributed by atoms with Crippen molar-refractivity contribution in [1.29, 1.82) is 0 Å². The first kappa shape index (κ1) is 19.2. The zero-order valence-corrected chi connectivity index (χ0v) is 16.4. The van der Waals surface area contributed by atoms with Crippen LogP contribution >= 0.6 is 15.9 Å². The molecule has 132 valence electrons. The summed E-state index contributed by atoms with van der Waals surface area (Å²) in [7, 11) is 3.04. The topological polar surface area (TPSA) is 31.4 Å². The summed E-state index contributed by atoms with van der Waals surface area (Å²) in [5, 5.41) is 1.00. The Morgan fingerprint density at radius 3 is 2.40 bits per heavy atom. The minimum atomic E-state index is -0.375. The van der Waals surface area contributed by atoms with Crippen LogP contribution < -0.4 is 9.47 Å². The summed E-state index contributed by atoms with van der Waals surface area (Å²) in [5.41, 5.74) is 2.59. The lowest BCUT2D eigenvalue weighted by Crippen LogP contribution is -1.98. The molecule has 0 aliphatic carbocycles. The van der Waals surface area contributed by atoms with E-state index in [1.807, 2.05) is 44.2 Å². The van der Waals surface area contributed by atoms with Gasteiger partial charge in [0.2, 0.25) is 5.88 Å². The molecular weight excluding hydrogens is 385 g/mol. The largest absolute Gasteiger partial charge is 0.494 e. The molecular formula is C20H21BrFNO2. The van der Waals surface area contributed by atoms with Crippen LogP contribution in [0.4, 0.5) is 4.39 Å². The van der Waals surface area contributed by atoms with Gasteiger partial charge in [-0.15, -0.1) is 0 Å². The fourth-order valence-electron chi connectivity index (χ4n) is 2.52. The number of ether oxygens (including phenoxy) is 2. The van der Waals surface area contributed by atoms with Gasteiger partial charge in [0.05, 0.1) is 19.7 Å². The second-order valence-corrected chi connectivity index (χ2v) is 6.06. The molecule has 0 aliphatic heterocycles. The van der Waals surface area contributed by atoms with Crippen LogP contribution in [-0.2, 0) is 6.42 Å². The van der Waals surface area contributed by atoms with E-state index in [2.05, 4.69) is 20.9 Å². The Kier molecular flexibility index (Phi) is 6.76. The average molecular weight is 406 g/mol. The van der Waals surface area contributed by atoms with Crippen molar-refractivity contribution in [3.8, 4) is 11.6 Å². The lowest BCUT2D eigenvalue weighted by molar-refractivity contribution is 0.386. The number of fused-ring (bicyclic) bond motifs is 1. The van der Waals surface area contributed by atoms with E-state index < -0.39 is 0 Å². The summed E-state index contributed by atoms with van der Waals surface area (Å²) >= 11 is 3.46. The van der Waals surface area contributed by atoms with Gasteiger partial charge in [0.15, 0.2) is 11.6 Å². The molecule has 3 aromatic rings. The maximum absolute atomic E-state index is 13.9. The molecule has 3 rings (SSSR count). The summed E-state index contributed by atoms with van der Waals surface area (Å²) in [5.74, 6) is 0.415. The standard InChI is InChI=1S/C18H15BrFNO2.C2H6/c1-22-17-6-3-11(8-15(17)20)7-13-9-12-10-14(19)4-5-16(12)21-18(13)23-2;1-2/h3-6,8-10H,7H2,1-2H3;1-2H3. The second kappa shape index (κ2) is 8.81. The first-order valence-electron chi connectivity index (χ1n) is 8.06. The minimum absolute atomic E-state index is 0.237. The third-order valence-corrected chi connectivity index (χ3v) is 4.11. The van der Waals surface area contributed by atoms with Gasteiger partial charge in [-0.25, -0.2) is 9.37 Å². The summed E-state index contributed by atoms with van der Waals surface area (Å²) < 4.78 is 25.2. The molecule has 0 saturated heterocycles. The van der Waals surface area contributed by atoms with E-state index in [0.717, 1.165) is 26.5 Å². The highest BCUT2D eigenvalue weighted by molar-refractivity contribution is 9.10. The van der Waals surface area contributed by atoms with Gasteiger partial charge in [-0.05, 0) is 42.0 Å². The van der Waals surface area contributed by atoms with Gasteiger partial charge in [-0.3, -0.25) is 0 Å². The van der Waals surface area contributed by atoms with Crippen LogP contribution in [0, 0.1) is 5.82 Å². The van der Waals surface area contributed by atoms with Crippen LogP contribution in [0.1, 0.15) is 25.0 Å². The Labute approximate surface area is 155 Å². The highest BCUT2D eigenvalue weighted by Gasteiger charge is 2.11. The summed E-state index contributed by atoms with van der Waals surface area (Å²) in [4.78, 5) is 4.53. The molecule has 5 heteroatoms. The molecule has 0 atom stereocenters. The van der Waals surface area contributed by atoms with Crippen molar-refractivity contribution in [2.45, 2.75) is 20.3 Å². The predicted octanol–water partition coefficient (Wildman–Crippen LogP) is 5.77. The van der Waals surface area contributed by atoms with Gasteiger partial charge >= 0.3 is 0 Å². The Hall–Kier alpha value is -2.14. The Bertz CT molecular complexity index is 868. The fraction of sp³-hybridized carbons (Fsp3) is 0.250. The molecule has 0 spiro atoms. The molecule has 1 aromatic heterocycles. The lowest BCUT2D eigenvalue weighted by Gasteiger charge is -2.11. The average Bonchev–Trinajstić information content (AvgIpc) is 2.63. The van der Waals surface area contributed by atoms with Gasteiger partial charge in [0.25, 0.3) is 0 Å². The zero-order chi connectivity index (χ0) is 18.4. The summed E-state index contributed by atoms with van der Waals surface area (Å²) in [6.07, 6.45) is 0.527. The molecule has 2 aromatic carbocycles. The summed E-state index contributed by atoms with van der Waals surface area (Å²) in [6.45, 7) is 4.00. The lowest BCUT2D eigenvalue weighted by atomic mass is 10.0. The Morgan fingerprint density at radius 1 is 1.00 bits per heavy atom. The van der Waals surface area contributed by atoms with E-state index in [1.54, 1.807) is 13.2 Å². The molecule has 1 heterocycles. The Morgan fingerprint density at radius 2 is 1.76 bits per heavy atom. The first-order chi connectivity index (χ1) is 12.1. The maximum Gasteiger partial charge on any atom is 0.217 e. The third kappa shape index (κ3) is 4.48. The zero-order valence-electron chi connectivity index (χ0n) is 14.8. The molecule has 0 fully saturated rings. The van der Waals surface area contributed by atoms with Gasteiger partial charge < -0.3 is 9.47 Å². The maximum atomic E-state index is 13.9. The number of halogens is 2. The van der Waals surface area contributed by atoms with Crippen molar-refractivity contribution in [3.63, 3.8) is 0 Å². The minimum Gasteiger partial charge on any atom is -0.494 e. The Balaban J connectivity index is 0.00000109. The van der Waals surface area contributed by atoms with Crippen molar-refractivity contribution >= 4 is 26.8 Å². The summed E-state index contributed by atoms with van der Waals surface area (Å²) in [6, 6.07) is 12.8. The van der Waals surface area contributed by atoms with E-state index in [1.165, 1.54) is 13.2 Å². The molecule has 0 unspecified atom stereocenters. The number of pyridine rings is 1. The SMILES string of the molecule is CC.COc1ccc(Cc2cc3cc(Br)ccc3nc2OC)cc1F. The highest BCUT2D eigenvalue weighted by Crippen LogP contribution is 2.27. The van der Waals surface area contributed by atoms with Crippen LogP contribution in [-0.4, -0.2) is 19.2 Å². The number of methoxy groups -OCH3 is 2. The first-order valence-corrected chi connectivity index (χ1v) is 8.85. The van der Waals surface area contributed by atoms with Crippen LogP contribution in [0.25, 0.3) is 10.9 Å². The van der Waals surface area contributed by atoms with Crippen molar-refractivity contribution in [2.24, 2.45) is 0 Å². The van der Waals surface area contributed by atoms with Crippen LogP contribution in [0.3, 0.4) is 0 Å². The van der Waals surface area contributed by atoms with Crippen molar-refractivity contribution < 1.29 is 13.9 Å². The van der Waals surface area contributed by atoms with Crippen molar-refractivity contribution in [1.82, 2.24) is 4.98 Å². The van der Waals surface area contributed by atoms with E-state index in [9.17, 15) is 4.39 Å². The number of rotatable bonds is 4. The number of hydrogen-bond acceptors (Lipinski definition) is 3. The quantitative estimate of drug-likeness (QED) is 0.551. The molecule has 3 nitrogen and oxygen atoms in total. The molecule has 0 bridgehead atoms. The van der Waals surface area contributed by atoms with E-state index in [4.69, 9.17) is 9.47 Å². The highest BCUT2D eigenvalue weighted by atomic mass is 79.9. The number of hydrogen-bond donors (Lipinski definition) is 0. The molecule has 25 heavy (non-hydrogen) atoms. The van der Waals surface area contributed by atoms with Gasteiger partial charge in [0, 0.05) is 21.8 Å². The molecule has 0 amide bonds. The molecule has 0 aliphatic rings. The van der Waals surface area contributed by atoms with E-state index >= 15 is 0 Å².